The van der Waals surface area contributed by atoms with Gasteiger partial charge in [0.2, 0.25) is 0 Å². The van der Waals surface area contributed by atoms with E-state index < -0.39 is 0 Å². The highest BCUT2D eigenvalue weighted by atomic mass is 15.1. The van der Waals surface area contributed by atoms with Gasteiger partial charge in [0.15, 0.2) is 0 Å². The van der Waals surface area contributed by atoms with E-state index in [0.29, 0.717) is 5.84 Å². The molecule has 92 valence electrons. The summed E-state index contributed by atoms with van der Waals surface area (Å²) in [6.07, 6.45) is 4.53. The van der Waals surface area contributed by atoms with Crippen LogP contribution in [-0.4, -0.2) is 29.3 Å². The van der Waals surface area contributed by atoms with E-state index in [0.717, 1.165) is 18.5 Å². The fourth-order valence-corrected chi connectivity index (χ4v) is 1.77. The molecular formula is C15H17N3. The molecule has 0 radical (unpaired) electrons. The summed E-state index contributed by atoms with van der Waals surface area (Å²) >= 11 is 0. The first kappa shape index (κ1) is 12.3. The van der Waals surface area contributed by atoms with Gasteiger partial charge in [-0.2, -0.15) is 0 Å². The molecule has 0 fully saturated rings. The average Bonchev–Trinajstić information content (AvgIpc) is 2.46. The molecule has 3 nitrogen and oxygen atoms in total. The smallest absolute Gasteiger partial charge is 0.127 e. The second-order valence-corrected chi connectivity index (χ2v) is 4.24. The molecule has 0 spiro atoms. The van der Waals surface area contributed by atoms with Crippen molar-refractivity contribution in [3.05, 3.63) is 66.0 Å². The molecule has 0 saturated carbocycles. The molecule has 0 saturated heterocycles. The van der Waals surface area contributed by atoms with Gasteiger partial charge in [0.1, 0.15) is 5.84 Å². The Labute approximate surface area is 108 Å². The van der Waals surface area contributed by atoms with Crippen molar-refractivity contribution in [3.8, 4) is 0 Å². The maximum atomic E-state index is 8.12. The number of benzene rings is 1. The summed E-state index contributed by atoms with van der Waals surface area (Å²) in [6.45, 7) is 0.831. The van der Waals surface area contributed by atoms with Crippen LogP contribution in [0.1, 0.15) is 11.1 Å². The van der Waals surface area contributed by atoms with Crippen molar-refractivity contribution in [3.63, 3.8) is 0 Å². The van der Waals surface area contributed by atoms with E-state index in [4.69, 9.17) is 5.41 Å². The van der Waals surface area contributed by atoms with E-state index >= 15 is 0 Å². The zero-order valence-electron chi connectivity index (χ0n) is 10.5. The molecule has 18 heavy (non-hydrogen) atoms. The van der Waals surface area contributed by atoms with Crippen LogP contribution in [0.3, 0.4) is 0 Å². The third-order valence-electron chi connectivity index (χ3n) is 2.91. The van der Waals surface area contributed by atoms with Gasteiger partial charge in [0.05, 0.1) is 0 Å². The van der Waals surface area contributed by atoms with Gasteiger partial charge in [0.25, 0.3) is 0 Å². The zero-order valence-corrected chi connectivity index (χ0v) is 10.5. The van der Waals surface area contributed by atoms with Crippen LogP contribution in [0.15, 0.2) is 54.9 Å². The van der Waals surface area contributed by atoms with Crippen molar-refractivity contribution in [2.45, 2.75) is 6.42 Å². The van der Waals surface area contributed by atoms with Gasteiger partial charge in [0, 0.05) is 31.5 Å². The van der Waals surface area contributed by atoms with Crippen LogP contribution in [0.25, 0.3) is 0 Å². The molecule has 0 bridgehead atoms. The van der Waals surface area contributed by atoms with Gasteiger partial charge in [-0.05, 0) is 24.1 Å². The number of hydrogen-bond donors (Lipinski definition) is 1. The van der Waals surface area contributed by atoms with Crippen LogP contribution >= 0.6 is 0 Å². The van der Waals surface area contributed by atoms with Crippen LogP contribution in [0, 0.1) is 5.41 Å². The lowest BCUT2D eigenvalue weighted by molar-refractivity contribution is 0.506. The number of hydrogen-bond acceptors (Lipinski definition) is 2. The first-order valence-electron chi connectivity index (χ1n) is 6.01. The van der Waals surface area contributed by atoms with E-state index in [-0.39, 0.29) is 0 Å². The Morgan fingerprint density at radius 1 is 1.11 bits per heavy atom. The second-order valence-electron chi connectivity index (χ2n) is 4.24. The summed E-state index contributed by atoms with van der Waals surface area (Å²) in [4.78, 5) is 5.97. The Balaban J connectivity index is 1.93. The number of amidine groups is 1. The van der Waals surface area contributed by atoms with Crippen LogP contribution in [-0.2, 0) is 6.42 Å². The molecule has 0 amide bonds. The Morgan fingerprint density at radius 3 is 2.44 bits per heavy atom. The molecule has 1 aromatic carbocycles. The minimum atomic E-state index is 0.560. The van der Waals surface area contributed by atoms with Crippen molar-refractivity contribution in [1.29, 1.82) is 5.41 Å². The second kappa shape index (κ2) is 5.96. The van der Waals surface area contributed by atoms with Crippen molar-refractivity contribution in [2.24, 2.45) is 0 Å². The summed E-state index contributed by atoms with van der Waals surface area (Å²) in [6, 6.07) is 13.8. The Bertz CT molecular complexity index is 494. The summed E-state index contributed by atoms with van der Waals surface area (Å²) in [5.74, 6) is 0.560. The minimum Gasteiger partial charge on any atom is -0.359 e. The lowest BCUT2D eigenvalue weighted by Crippen LogP contribution is -2.28. The normalized spacial score (nSPS) is 10.1. The van der Waals surface area contributed by atoms with E-state index in [1.165, 1.54) is 5.56 Å². The van der Waals surface area contributed by atoms with E-state index in [1.54, 1.807) is 12.4 Å². The van der Waals surface area contributed by atoms with Crippen LogP contribution < -0.4 is 0 Å². The van der Waals surface area contributed by atoms with E-state index in [1.807, 2.05) is 54.4 Å². The van der Waals surface area contributed by atoms with Crippen LogP contribution in [0.2, 0.25) is 0 Å². The quantitative estimate of drug-likeness (QED) is 0.658. The zero-order chi connectivity index (χ0) is 12.8. The molecular weight excluding hydrogens is 222 g/mol. The number of likely N-dealkylation sites (N-methyl/N-ethyl adjacent to an activating group) is 1. The summed E-state index contributed by atoms with van der Waals surface area (Å²) in [5.41, 5.74) is 2.20. The van der Waals surface area contributed by atoms with Gasteiger partial charge < -0.3 is 4.90 Å². The van der Waals surface area contributed by atoms with Crippen molar-refractivity contribution in [1.82, 2.24) is 9.88 Å². The first-order valence-corrected chi connectivity index (χ1v) is 6.01. The SMILES string of the molecule is CN(CCc1ccncc1)C(=N)c1ccccc1. The van der Waals surface area contributed by atoms with Gasteiger partial charge in [-0.1, -0.05) is 30.3 Å². The Kier molecular flexibility index (Phi) is 4.07. The van der Waals surface area contributed by atoms with Crippen LogP contribution in [0.5, 0.6) is 0 Å². The number of nitrogens with one attached hydrogen (secondary N) is 1. The van der Waals surface area contributed by atoms with Crippen molar-refractivity contribution < 1.29 is 0 Å². The number of pyridine rings is 1. The molecule has 0 aliphatic rings. The van der Waals surface area contributed by atoms with Crippen LogP contribution in [0.4, 0.5) is 0 Å². The fourth-order valence-electron chi connectivity index (χ4n) is 1.77. The highest BCUT2D eigenvalue weighted by molar-refractivity contribution is 5.96. The van der Waals surface area contributed by atoms with E-state index in [2.05, 4.69) is 4.98 Å². The largest absolute Gasteiger partial charge is 0.359 e. The first-order chi connectivity index (χ1) is 8.77. The fraction of sp³-hybridized carbons (Fsp3) is 0.200. The summed E-state index contributed by atoms with van der Waals surface area (Å²) in [7, 11) is 1.95. The Hall–Kier alpha value is -2.16. The van der Waals surface area contributed by atoms with Gasteiger partial charge >= 0.3 is 0 Å². The van der Waals surface area contributed by atoms with Gasteiger partial charge in [-0.3, -0.25) is 10.4 Å². The number of aromatic nitrogens is 1. The predicted octanol–water partition coefficient (Wildman–Crippen LogP) is 2.58. The molecule has 1 N–H and O–H groups in total. The molecule has 1 aromatic heterocycles. The lowest BCUT2D eigenvalue weighted by atomic mass is 10.1. The maximum absolute atomic E-state index is 8.12. The monoisotopic (exact) mass is 239 g/mol. The molecule has 0 unspecified atom stereocenters. The highest BCUT2D eigenvalue weighted by Gasteiger charge is 2.06. The molecule has 2 aromatic rings. The standard InChI is InChI=1S/C15H17N3/c1-18(12-9-13-7-10-17-11-8-13)15(16)14-5-3-2-4-6-14/h2-8,10-11,16H,9,12H2,1H3. The van der Waals surface area contributed by atoms with Crippen molar-refractivity contribution >= 4 is 5.84 Å². The molecule has 3 heteroatoms. The predicted molar refractivity (Wildman–Crippen MR) is 73.8 cm³/mol. The molecule has 0 aliphatic carbocycles. The van der Waals surface area contributed by atoms with Gasteiger partial charge in [-0.25, -0.2) is 0 Å². The molecule has 0 atom stereocenters. The van der Waals surface area contributed by atoms with Gasteiger partial charge in [-0.15, -0.1) is 0 Å². The van der Waals surface area contributed by atoms with E-state index in [9.17, 15) is 0 Å². The summed E-state index contributed by atoms with van der Waals surface area (Å²) < 4.78 is 0. The van der Waals surface area contributed by atoms with Crippen molar-refractivity contribution in [2.75, 3.05) is 13.6 Å². The number of rotatable bonds is 4. The minimum absolute atomic E-state index is 0.560. The molecule has 2 rings (SSSR count). The number of nitrogens with zero attached hydrogens (tertiary/aromatic N) is 2. The molecule has 1 heterocycles. The molecule has 0 aliphatic heterocycles. The average molecular weight is 239 g/mol. The summed E-state index contributed by atoms with van der Waals surface area (Å²) in [5, 5.41) is 8.12. The Morgan fingerprint density at radius 2 is 1.78 bits per heavy atom. The maximum Gasteiger partial charge on any atom is 0.127 e. The topological polar surface area (TPSA) is 40.0 Å². The highest BCUT2D eigenvalue weighted by Crippen LogP contribution is 2.05. The third kappa shape index (κ3) is 3.17. The lowest BCUT2D eigenvalue weighted by Gasteiger charge is -2.20. The third-order valence-corrected chi connectivity index (χ3v) is 2.91.